The van der Waals surface area contributed by atoms with Crippen LogP contribution in [0.3, 0.4) is 0 Å². The van der Waals surface area contributed by atoms with Crippen LogP contribution in [0.2, 0.25) is 0 Å². The van der Waals surface area contributed by atoms with Gasteiger partial charge in [-0.05, 0) is 122 Å². The van der Waals surface area contributed by atoms with E-state index in [-0.39, 0.29) is 30.4 Å². The Kier molecular flexibility index (Phi) is 10.5. The zero-order valence-corrected chi connectivity index (χ0v) is 30.1. The molecule has 10 nitrogen and oxygen atoms in total. The Hall–Kier alpha value is -5.74. The molecule has 4 N–H and O–H groups in total. The van der Waals surface area contributed by atoms with E-state index in [4.69, 9.17) is 9.47 Å². The Morgan fingerprint density at radius 1 is 0.660 bits per heavy atom. The first-order valence-electron chi connectivity index (χ1n) is 16.9. The van der Waals surface area contributed by atoms with Crippen LogP contribution in [0.25, 0.3) is 23.8 Å². The summed E-state index contributed by atoms with van der Waals surface area (Å²) in [6.45, 7) is 12.4. The number of nitrogens with zero attached hydrogens (tertiary/aromatic N) is 2. The quantitative estimate of drug-likeness (QED) is 0.157. The van der Waals surface area contributed by atoms with Crippen molar-refractivity contribution < 1.29 is 19.1 Å². The lowest BCUT2D eigenvalue weighted by atomic mass is 9.99. The fourth-order valence-electron chi connectivity index (χ4n) is 7.11. The number of aromatic amines is 4. The summed E-state index contributed by atoms with van der Waals surface area (Å²) in [6, 6.07) is 4.11. The van der Waals surface area contributed by atoms with Gasteiger partial charge in [-0.3, -0.25) is 9.59 Å². The summed E-state index contributed by atoms with van der Waals surface area (Å²) in [6.07, 6.45) is 10.8. The molecule has 0 radical (unpaired) electrons. The lowest BCUT2D eigenvalue weighted by molar-refractivity contribution is -0.141. The van der Waals surface area contributed by atoms with Crippen LogP contribution in [0.15, 0.2) is 11.6 Å². The number of hydrogen-bond acceptors (Lipinski definition) is 6. The summed E-state index contributed by atoms with van der Waals surface area (Å²) >= 11 is 0. The third-order valence-electron chi connectivity index (χ3n) is 9.99. The van der Waals surface area contributed by atoms with Gasteiger partial charge < -0.3 is 29.4 Å². The molecule has 0 saturated carbocycles. The largest absolute Gasteiger partial charge is 0.469 e. The third kappa shape index (κ3) is 6.62. The molecule has 5 rings (SSSR count). The molecule has 0 saturated heterocycles. The second-order valence-electron chi connectivity index (χ2n) is 12.6. The number of fused-ring (bicyclic) bond motifs is 8. The van der Waals surface area contributed by atoms with Crippen molar-refractivity contribution >= 4 is 35.7 Å². The van der Waals surface area contributed by atoms with Crippen molar-refractivity contribution in [2.75, 3.05) is 14.2 Å². The maximum Gasteiger partial charge on any atom is 0.305 e. The van der Waals surface area contributed by atoms with Gasteiger partial charge in [0.15, 0.2) is 0 Å². The van der Waals surface area contributed by atoms with Crippen LogP contribution >= 0.6 is 0 Å². The molecule has 10 heteroatoms. The monoisotopic (exact) mass is 672 g/mol. The number of esters is 2. The SMILES string of the molecule is CCc1c2[nH]c(c1C)C(C=C(C#N)C#N)=c1[nH]c(c(C)c1CC)=Cc1[nH]c(c(CCC(=O)OC)c1C)C=c1[nH]c(c(C)c1CCC(=O)OC)=C2. The number of rotatable bonds is 9. The van der Waals surface area contributed by atoms with Crippen molar-refractivity contribution in [1.29, 1.82) is 10.5 Å². The first kappa shape index (κ1) is 35.6. The highest BCUT2D eigenvalue weighted by molar-refractivity contribution is 5.79. The number of allylic oxidation sites excluding steroid dienone is 2. The van der Waals surface area contributed by atoms with Crippen LogP contribution in [0, 0.1) is 50.4 Å². The van der Waals surface area contributed by atoms with Crippen molar-refractivity contribution in [1.82, 2.24) is 19.9 Å². The highest BCUT2D eigenvalue weighted by Crippen LogP contribution is 2.27. The number of nitriles is 2. The van der Waals surface area contributed by atoms with Crippen molar-refractivity contribution in [2.45, 2.75) is 80.1 Å². The van der Waals surface area contributed by atoms with Crippen LogP contribution < -0.4 is 21.4 Å². The molecular weight excluding hydrogens is 628 g/mol. The van der Waals surface area contributed by atoms with Crippen LogP contribution in [0.1, 0.15) is 94.0 Å². The Labute approximate surface area is 291 Å². The van der Waals surface area contributed by atoms with Crippen molar-refractivity contribution in [2.24, 2.45) is 0 Å². The third-order valence-corrected chi connectivity index (χ3v) is 9.99. The predicted molar refractivity (Wildman–Crippen MR) is 193 cm³/mol. The highest BCUT2D eigenvalue weighted by Gasteiger charge is 2.20. The number of H-pyrrole nitrogens is 4. The highest BCUT2D eigenvalue weighted by atomic mass is 16.5. The smallest absolute Gasteiger partial charge is 0.305 e. The van der Waals surface area contributed by atoms with Crippen LogP contribution in [-0.2, 0) is 44.7 Å². The minimum absolute atomic E-state index is 0.00237. The lowest BCUT2D eigenvalue weighted by Gasteiger charge is -2.05. The predicted octanol–water partition coefficient (Wildman–Crippen LogP) is 3.54. The number of carbonyl (C=O) groups excluding carboxylic acids is 2. The van der Waals surface area contributed by atoms with Crippen molar-refractivity contribution in [3.8, 4) is 12.1 Å². The molecule has 0 amide bonds. The summed E-state index contributed by atoms with van der Waals surface area (Å²) in [5.41, 5.74) is 12.5. The molecule has 0 unspecified atom stereocenters. The molecule has 8 bridgehead atoms. The van der Waals surface area contributed by atoms with Crippen molar-refractivity contribution in [3.05, 3.63) is 100 Å². The Morgan fingerprint density at radius 3 is 1.80 bits per heavy atom. The summed E-state index contributed by atoms with van der Waals surface area (Å²) in [5, 5.41) is 23.2. The zero-order valence-electron chi connectivity index (χ0n) is 30.1. The van der Waals surface area contributed by atoms with Gasteiger partial charge in [0.2, 0.25) is 0 Å². The average molecular weight is 673 g/mol. The van der Waals surface area contributed by atoms with Crippen molar-refractivity contribution in [3.63, 3.8) is 0 Å². The molecule has 0 aromatic carbocycles. The van der Waals surface area contributed by atoms with Gasteiger partial charge in [0.25, 0.3) is 0 Å². The molecule has 1 aliphatic heterocycles. The Morgan fingerprint density at radius 2 is 1.20 bits per heavy atom. The number of carbonyl (C=O) groups is 2. The lowest BCUT2D eigenvalue weighted by Crippen LogP contribution is -2.17. The fraction of sp³-hybridized carbons (Fsp3) is 0.350. The van der Waals surface area contributed by atoms with Gasteiger partial charge in [0.1, 0.15) is 17.7 Å². The maximum absolute atomic E-state index is 12.3. The number of ether oxygens (including phenoxy) is 2. The van der Waals surface area contributed by atoms with Gasteiger partial charge in [-0.25, -0.2) is 0 Å². The molecular formula is C40H44N6O4. The molecule has 0 aliphatic carbocycles. The van der Waals surface area contributed by atoms with E-state index >= 15 is 0 Å². The number of nitrogens with one attached hydrogen (secondary N) is 4. The van der Waals surface area contributed by atoms with Gasteiger partial charge in [0, 0.05) is 51.5 Å². The molecule has 4 aromatic heterocycles. The standard InChI is InChI=1S/C40H44N6O4/c1-9-26-24(6)39-30(15-25(19-41)20-42)40-27(10-2)21(3)33(45-40)16-31-22(4)28(11-13-37(47)49-7)35(43-31)18-36-29(12-14-38(48)50-8)23(5)32(44-36)17-34(26)46-39/h15-18,43-46H,9-14H2,1-8H3. The fourth-order valence-corrected chi connectivity index (χ4v) is 7.11. The van der Waals surface area contributed by atoms with E-state index in [2.05, 4.69) is 78.0 Å². The Bertz CT molecular complexity index is 2360. The summed E-state index contributed by atoms with van der Waals surface area (Å²) in [4.78, 5) is 39.2. The minimum atomic E-state index is -0.290. The van der Waals surface area contributed by atoms with E-state index in [1.807, 2.05) is 13.8 Å². The van der Waals surface area contributed by atoms with Gasteiger partial charge in [-0.2, -0.15) is 10.5 Å². The second-order valence-corrected chi connectivity index (χ2v) is 12.6. The van der Waals surface area contributed by atoms with Crippen LogP contribution in [-0.4, -0.2) is 46.1 Å². The van der Waals surface area contributed by atoms with E-state index in [9.17, 15) is 20.1 Å². The molecule has 0 atom stereocenters. The van der Waals surface area contributed by atoms with Gasteiger partial charge in [0.05, 0.1) is 25.3 Å². The zero-order chi connectivity index (χ0) is 36.3. The van der Waals surface area contributed by atoms with E-state index in [1.165, 1.54) is 14.2 Å². The Balaban J connectivity index is 1.99. The van der Waals surface area contributed by atoms with E-state index in [0.29, 0.717) is 12.8 Å². The normalized spacial score (nSPS) is 11.8. The molecule has 0 fully saturated rings. The van der Waals surface area contributed by atoms with Gasteiger partial charge in [-0.15, -0.1) is 0 Å². The molecule has 50 heavy (non-hydrogen) atoms. The summed E-state index contributed by atoms with van der Waals surface area (Å²) in [7, 11) is 2.79. The topological polar surface area (TPSA) is 163 Å². The molecule has 5 heterocycles. The van der Waals surface area contributed by atoms with E-state index < -0.39 is 0 Å². The van der Waals surface area contributed by atoms with Gasteiger partial charge in [-0.1, -0.05) is 13.8 Å². The first-order chi connectivity index (χ1) is 24.0. The molecule has 1 aliphatic rings. The van der Waals surface area contributed by atoms with Crippen LogP contribution in [0.4, 0.5) is 0 Å². The molecule has 258 valence electrons. The summed E-state index contributed by atoms with van der Waals surface area (Å²) < 4.78 is 9.96. The minimum Gasteiger partial charge on any atom is -0.469 e. The maximum atomic E-state index is 12.3. The first-order valence-corrected chi connectivity index (χ1v) is 16.9. The van der Waals surface area contributed by atoms with E-state index in [0.717, 1.165) is 107 Å². The van der Waals surface area contributed by atoms with Crippen LogP contribution in [0.5, 0.6) is 0 Å². The number of aromatic nitrogens is 4. The second kappa shape index (κ2) is 14.8. The van der Waals surface area contributed by atoms with Gasteiger partial charge >= 0.3 is 11.9 Å². The number of hydrogen-bond donors (Lipinski definition) is 4. The number of methoxy groups -OCH3 is 2. The summed E-state index contributed by atoms with van der Waals surface area (Å²) in [5.74, 6) is -0.580. The average Bonchev–Trinajstić information content (AvgIpc) is 3.79. The van der Waals surface area contributed by atoms with E-state index in [1.54, 1.807) is 6.08 Å². The molecule has 0 spiro atoms. The molecule has 4 aromatic rings.